The van der Waals surface area contributed by atoms with Gasteiger partial charge in [-0.1, -0.05) is 0 Å². The quantitative estimate of drug-likeness (QED) is 0.286. The molecule has 8 heteroatoms. The maximum absolute atomic E-state index is 5.39. The summed E-state index contributed by atoms with van der Waals surface area (Å²) in [5.41, 5.74) is 1.21. The standard InChI is InChI=1S/C21H36N4O2S.HI/c1-7-22-20(23-15-21(2,3)28-6)24-17-8-9-25(14-17)13-16-10-18(26-4)12-19(11-16)27-5;/h10-12,17H,7-9,13-15H2,1-6H3,(H2,22,23,24);1H. The van der Waals surface area contributed by atoms with E-state index in [9.17, 15) is 0 Å². The van der Waals surface area contributed by atoms with Gasteiger partial charge in [0, 0.05) is 43.0 Å². The number of nitrogens with one attached hydrogen (secondary N) is 2. The molecule has 1 atom stereocenters. The Morgan fingerprint density at radius 2 is 1.90 bits per heavy atom. The van der Waals surface area contributed by atoms with Crippen molar-refractivity contribution in [3.63, 3.8) is 0 Å². The molecule has 0 bridgehead atoms. The Morgan fingerprint density at radius 1 is 1.24 bits per heavy atom. The van der Waals surface area contributed by atoms with Crippen molar-refractivity contribution in [2.45, 2.75) is 44.5 Å². The van der Waals surface area contributed by atoms with E-state index >= 15 is 0 Å². The molecule has 0 spiro atoms. The van der Waals surface area contributed by atoms with Gasteiger partial charge in [0.2, 0.25) is 0 Å². The topological polar surface area (TPSA) is 58.1 Å². The zero-order chi connectivity index (χ0) is 20.6. The number of rotatable bonds is 9. The van der Waals surface area contributed by atoms with Crippen LogP contribution in [0.3, 0.4) is 0 Å². The van der Waals surface area contributed by atoms with Crippen LogP contribution < -0.4 is 20.1 Å². The smallest absolute Gasteiger partial charge is 0.191 e. The van der Waals surface area contributed by atoms with Crippen molar-refractivity contribution in [3.05, 3.63) is 23.8 Å². The summed E-state index contributed by atoms with van der Waals surface area (Å²) in [4.78, 5) is 7.26. The summed E-state index contributed by atoms with van der Waals surface area (Å²) in [6.07, 6.45) is 3.25. The fraction of sp³-hybridized carbons (Fsp3) is 0.667. The van der Waals surface area contributed by atoms with Gasteiger partial charge >= 0.3 is 0 Å². The average Bonchev–Trinajstić information content (AvgIpc) is 3.12. The lowest BCUT2D eigenvalue weighted by Gasteiger charge is -2.22. The third-order valence-corrected chi connectivity index (χ3v) is 6.18. The summed E-state index contributed by atoms with van der Waals surface area (Å²) >= 11 is 1.85. The van der Waals surface area contributed by atoms with Crippen molar-refractivity contribution in [3.8, 4) is 11.5 Å². The summed E-state index contributed by atoms with van der Waals surface area (Å²) in [6.45, 7) is 11.2. The van der Waals surface area contributed by atoms with Crippen molar-refractivity contribution in [1.29, 1.82) is 0 Å². The number of hydrogen-bond donors (Lipinski definition) is 2. The molecule has 29 heavy (non-hydrogen) atoms. The minimum atomic E-state index is 0. The predicted molar refractivity (Wildman–Crippen MR) is 135 cm³/mol. The lowest BCUT2D eigenvalue weighted by atomic mass is 10.2. The van der Waals surface area contributed by atoms with Gasteiger partial charge in [-0.3, -0.25) is 9.89 Å². The normalized spacial score (nSPS) is 17.6. The van der Waals surface area contributed by atoms with Gasteiger partial charge in [0.25, 0.3) is 0 Å². The van der Waals surface area contributed by atoms with Gasteiger partial charge in [-0.2, -0.15) is 11.8 Å². The largest absolute Gasteiger partial charge is 0.497 e. The molecule has 1 aliphatic rings. The molecular formula is C21H37IN4O2S. The number of likely N-dealkylation sites (tertiary alicyclic amines) is 1. The van der Waals surface area contributed by atoms with Gasteiger partial charge in [0.05, 0.1) is 20.8 Å². The number of methoxy groups -OCH3 is 2. The highest BCUT2D eigenvalue weighted by Crippen LogP contribution is 2.24. The number of aliphatic imine (C=N–C) groups is 1. The van der Waals surface area contributed by atoms with Crippen LogP contribution in [0.25, 0.3) is 0 Å². The monoisotopic (exact) mass is 536 g/mol. The summed E-state index contributed by atoms with van der Waals surface area (Å²) in [6, 6.07) is 6.48. The van der Waals surface area contributed by atoms with Gasteiger partial charge in [-0.25, -0.2) is 0 Å². The number of hydrogen-bond acceptors (Lipinski definition) is 5. The highest BCUT2D eigenvalue weighted by Gasteiger charge is 2.24. The van der Waals surface area contributed by atoms with Crippen LogP contribution in [0.4, 0.5) is 0 Å². The first-order chi connectivity index (χ1) is 13.4. The fourth-order valence-electron chi connectivity index (χ4n) is 3.16. The molecule has 0 saturated carbocycles. The summed E-state index contributed by atoms with van der Waals surface area (Å²) < 4.78 is 10.9. The Hall–Kier alpha value is -0.870. The highest BCUT2D eigenvalue weighted by atomic mass is 127. The number of guanidine groups is 1. The van der Waals surface area contributed by atoms with Crippen LogP contribution in [0.2, 0.25) is 0 Å². The molecular weight excluding hydrogens is 499 g/mol. The molecule has 1 aliphatic heterocycles. The second kappa shape index (κ2) is 12.7. The molecule has 1 heterocycles. The molecule has 0 aliphatic carbocycles. The molecule has 166 valence electrons. The van der Waals surface area contributed by atoms with Gasteiger partial charge in [0.1, 0.15) is 11.5 Å². The third-order valence-electron chi connectivity index (χ3n) is 4.95. The first kappa shape index (κ1) is 26.2. The lowest BCUT2D eigenvalue weighted by Crippen LogP contribution is -2.45. The van der Waals surface area contributed by atoms with Crippen LogP contribution in [-0.4, -0.2) is 68.3 Å². The molecule has 0 aromatic heterocycles. The minimum Gasteiger partial charge on any atom is -0.497 e. The molecule has 1 aromatic carbocycles. The van der Waals surface area contributed by atoms with Gasteiger partial charge < -0.3 is 20.1 Å². The van der Waals surface area contributed by atoms with E-state index in [-0.39, 0.29) is 28.7 Å². The van der Waals surface area contributed by atoms with E-state index in [0.29, 0.717) is 6.04 Å². The van der Waals surface area contributed by atoms with E-state index in [4.69, 9.17) is 14.5 Å². The Labute approximate surface area is 197 Å². The summed E-state index contributed by atoms with van der Waals surface area (Å²) in [5, 5.41) is 6.99. The Balaban J connectivity index is 0.00000420. The first-order valence-electron chi connectivity index (χ1n) is 9.93. The van der Waals surface area contributed by atoms with Gasteiger partial charge in [-0.15, -0.1) is 24.0 Å². The molecule has 0 radical (unpaired) electrons. The van der Waals surface area contributed by atoms with Crippen LogP contribution in [0.1, 0.15) is 32.8 Å². The zero-order valence-electron chi connectivity index (χ0n) is 18.6. The maximum Gasteiger partial charge on any atom is 0.191 e. The van der Waals surface area contributed by atoms with E-state index in [0.717, 1.165) is 56.6 Å². The van der Waals surface area contributed by atoms with Crippen LogP contribution in [0, 0.1) is 0 Å². The van der Waals surface area contributed by atoms with E-state index in [1.807, 2.05) is 17.8 Å². The van der Waals surface area contributed by atoms with E-state index in [1.54, 1.807) is 14.2 Å². The van der Waals surface area contributed by atoms with Gasteiger partial charge in [-0.05, 0) is 51.1 Å². The Kier molecular flexibility index (Phi) is 11.5. The zero-order valence-corrected chi connectivity index (χ0v) is 21.7. The van der Waals surface area contributed by atoms with Crippen molar-refractivity contribution < 1.29 is 9.47 Å². The average molecular weight is 537 g/mol. The van der Waals surface area contributed by atoms with Crippen molar-refractivity contribution in [2.75, 3.05) is 46.7 Å². The van der Waals surface area contributed by atoms with Crippen molar-refractivity contribution in [1.82, 2.24) is 15.5 Å². The number of ether oxygens (including phenoxy) is 2. The molecule has 2 N–H and O–H groups in total. The fourth-order valence-corrected chi connectivity index (χ4v) is 3.35. The minimum absolute atomic E-state index is 0. The first-order valence-corrected chi connectivity index (χ1v) is 11.2. The number of benzene rings is 1. The summed E-state index contributed by atoms with van der Waals surface area (Å²) in [5.74, 6) is 2.59. The summed E-state index contributed by atoms with van der Waals surface area (Å²) in [7, 11) is 3.38. The van der Waals surface area contributed by atoms with Crippen LogP contribution in [0.5, 0.6) is 11.5 Å². The number of thioether (sulfide) groups is 1. The number of nitrogens with zero attached hydrogens (tertiary/aromatic N) is 2. The third kappa shape index (κ3) is 8.80. The molecule has 1 aromatic rings. The molecule has 0 amide bonds. The molecule has 1 unspecified atom stereocenters. The van der Waals surface area contributed by atoms with Crippen molar-refractivity contribution >= 4 is 41.7 Å². The Morgan fingerprint density at radius 3 is 2.45 bits per heavy atom. The van der Waals surface area contributed by atoms with Crippen LogP contribution in [0.15, 0.2) is 23.2 Å². The van der Waals surface area contributed by atoms with Crippen LogP contribution >= 0.6 is 35.7 Å². The molecule has 1 fully saturated rings. The lowest BCUT2D eigenvalue weighted by molar-refractivity contribution is 0.321. The van der Waals surface area contributed by atoms with E-state index < -0.39 is 0 Å². The second-order valence-corrected chi connectivity index (χ2v) is 9.26. The number of halogens is 1. The molecule has 2 rings (SSSR count). The second-order valence-electron chi connectivity index (χ2n) is 7.74. The van der Waals surface area contributed by atoms with Crippen LogP contribution in [-0.2, 0) is 6.54 Å². The van der Waals surface area contributed by atoms with Crippen molar-refractivity contribution in [2.24, 2.45) is 4.99 Å². The van der Waals surface area contributed by atoms with E-state index in [2.05, 4.69) is 54.7 Å². The maximum atomic E-state index is 5.39. The Bertz CT molecular complexity index is 635. The highest BCUT2D eigenvalue weighted by molar-refractivity contribution is 14.0. The van der Waals surface area contributed by atoms with Gasteiger partial charge in [0.15, 0.2) is 5.96 Å². The molecule has 6 nitrogen and oxygen atoms in total. The SMILES string of the molecule is CCNC(=NCC(C)(C)SC)NC1CCN(Cc2cc(OC)cc(OC)c2)C1.I. The molecule has 1 saturated heterocycles. The predicted octanol–water partition coefficient (Wildman–Crippen LogP) is 3.59. The van der Waals surface area contributed by atoms with E-state index in [1.165, 1.54) is 5.56 Å².